The highest BCUT2D eigenvalue weighted by atomic mass is 19.2. The first kappa shape index (κ1) is 28.0. The lowest BCUT2D eigenvalue weighted by Crippen LogP contribution is -2.17. The monoisotopic (exact) mass is 510 g/mol. The Bertz CT molecular complexity index is 1020. The maximum absolute atomic E-state index is 15.2. The first-order valence-electron chi connectivity index (χ1n) is 14.9. The van der Waals surface area contributed by atoms with Gasteiger partial charge < -0.3 is 0 Å². The quantitative estimate of drug-likeness (QED) is 0.279. The summed E-state index contributed by atoms with van der Waals surface area (Å²) in [6.07, 6.45) is 18.6. The van der Waals surface area contributed by atoms with Crippen molar-refractivity contribution >= 4 is 6.08 Å². The van der Waals surface area contributed by atoms with E-state index in [9.17, 15) is 4.39 Å². The number of rotatable bonds is 10. The third-order valence-corrected chi connectivity index (χ3v) is 9.02. The van der Waals surface area contributed by atoms with Crippen molar-refractivity contribution in [2.75, 3.05) is 0 Å². The van der Waals surface area contributed by atoms with E-state index in [-0.39, 0.29) is 17.7 Å². The number of hydrogen-bond acceptors (Lipinski definition) is 0. The Morgan fingerprint density at radius 1 is 0.730 bits per heavy atom. The number of aryl methyl sites for hydroxylation is 1. The SMILES string of the molecule is CCCCCc1ccc(C=CC2CCC(c3ccc(C4CCC(CCC)CC4)c(F)c3F)CC2)cc1F. The molecule has 202 valence electrons. The Hall–Kier alpha value is -2.03. The zero-order valence-corrected chi connectivity index (χ0v) is 22.9. The molecule has 0 nitrogen and oxygen atoms in total. The number of halogens is 3. The average Bonchev–Trinajstić information content (AvgIpc) is 2.91. The third kappa shape index (κ3) is 7.30. The first-order chi connectivity index (χ1) is 18.0. The summed E-state index contributed by atoms with van der Waals surface area (Å²) < 4.78 is 44.8. The second kappa shape index (κ2) is 13.7. The van der Waals surface area contributed by atoms with Crippen LogP contribution >= 0.6 is 0 Å². The van der Waals surface area contributed by atoms with Crippen molar-refractivity contribution in [2.24, 2.45) is 11.8 Å². The van der Waals surface area contributed by atoms with Gasteiger partial charge in [-0.05, 0) is 116 Å². The molecule has 37 heavy (non-hydrogen) atoms. The van der Waals surface area contributed by atoms with Gasteiger partial charge in [0.2, 0.25) is 0 Å². The fourth-order valence-electron chi connectivity index (χ4n) is 6.69. The average molecular weight is 511 g/mol. The Morgan fingerprint density at radius 2 is 1.35 bits per heavy atom. The minimum Gasteiger partial charge on any atom is -0.207 e. The molecule has 2 saturated carbocycles. The molecule has 0 heterocycles. The highest BCUT2D eigenvalue weighted by molar-refractivity contribution is 5.50. The number of allylic oxidation sites excluding steroid dienone is 1. The van der Waals surface area contributed by atoms with Gasteiger partial charge in [0.05, 0.1) is 0 Å². The summed E-state index contributed by atoms with van der Waals surface area (Å²) in [5.41, 5.74) is 2.85. The van der Waals surface area contributed by atoms with E-state index in [0.29, 0.717) is 17.0 Å². The van der Waals surface area contributed by atoms with Crippen molar-refractivity contribution in [3.05, 3.63) is 76.1 Å². The fraction of sp³-hybridized carbons (Fsp3) is 0.588. The largest absolute Gasteiger partial charge is 0.207 e. The highest BCUT2D eigenvalue weighted by Crippen LogP contribution is 2.42. The first-order valence-corrected chi connectivity index (χ1v) is 14.9. The van der Waals surface area contributed by atoms with Crippen molar-refractivity contribution in [1.29, 1.82) is 0 Å². The lowest BCUT2D eigenvalue weighted by atomic mass is 9.75. The van der Waals surface area contributed by atoms with Gasteiger partial charge in [-0.15, -0.1) is 0 Å². The van der Waals surface area contributed by atoms with Crippen LogP contribution in [0.3, 0.4) is 0 Å². The Balaban J connectivity index is 1.31. The van der Waals surface area contributed by atoms with Crippen molar-refractivity contribution in [2.45, 2.75) is 116 Å². The van der Waals surface area contributed by atoms with E-state index in [0.717, 1.165) is 94.1 Å². The molecule has 0 bridgehead atoms. The normalized spacial score (nSPS) is 24.6. The molecule has 0 unspecified atom stereocenters. The van der Waals surface area contributed by atoms with Gasteiger partial charge in [-0.1, -0.05) is 75.9 Å². The maximum Gasteiger partial charge on any atom is 0.162 e. The van der Waals surface area contributed by atoms with E-state index >= 15 is 8.78 Å². The number of unbranched alkanes of at least 4 members (excludes halogenated alkanes) is 2. The minimum absolute atomic E-state index is 0.0772. The van der Waals surface area contributed by atoms with Gasteiger partial charge in [-0.2, -0.15) is 0 Å². The zero-order chi connectivity index (χ0) is 26.2. The molecule has 0 aliphatic heterocycles. The van der Waals surface area contributed by atoms with Crippen LogP contribution in [0.25, 0.3) is 6.08 Å². The van der Waals surface area contributed by atoms with Crippen molar-refractivity contribution in [3.8, 4) is 0 Å². The topological polar surface area (TPSA) is 0 Å². The van der Waals surface area contributed by atoms with E-state index < -0.39 is 11.6 Å². The van der Waals surface area contributed by atoms with Crippen LogP contribution in [0.4, 0.5) is 13.2 Å². The second-order valence-electron chi connectivity index (χ2n) is 11.7. The summed E-state index contributed by atoms with van der Waals surface area (Å²) in [5, 5.41) is 0. The smallest absolute Gasteiger partial charge is 0.162 e. The molecular weight excluding hydrogens is 465 g/mol. The molecule has 0 aromatic heterocycles. The molecule has 3 heteroatoms. The second-order valence-corrected chi connectivity index (χ2v) is 11.7. The highest BCUT2D eigenvalue weighted by Gasteiger charge is 2.29. The maximum atomic E-state index is 15.2. The molecule has 2 aromatic carbocycles. The van der Waals surface area contributed by atoms with Gasteiger partial charge in [-0.25, -0.2) is 13.2 Å². The predicted molar refractivity (Wildman–Crippen MR) is 149 cm³/mol. The van der Waals surface area contributed by atoms with Crippen molar-refractivity contribution in [1.82, 2.24) is 0 Å². The van der Waals surface area contributed by atoms with Crippen LogP contribution in [0.2, 0.25) is 0 Å². The molecule has 0 amide bonds. The zero-order valence-electron chi connectivity index (χ0n) is 22.9. The Labute approximate surface area is 222 Å². The lowest BCUT2D eigenvalue weighted by Gasteiger charge is -2.30. The Kier molecular flexibility index (Phi) is 10.3. The summed E-state index contributed by atoms with van der Waals surface area (Å²) >= 11 is 0. The van der Waals surface area contributed by atoms with Crippen molar-refractivity contribution in [3.63, 3.8) is 0 Å². The molecule has 2 aromatic rings. The summed E-state index contributed by atoms with van der Waals surface area (Å²) in [4.78, 5) is 0. The molecule has 0 spiro atoms. The molecule has 2 aliphatic rings. The van der Waals surface area contributed by atoms with E-state index in [1.807, 2.05) is 30.3 Å². The van der Waals surface area contributed by atoms with Gasteiger partial charge in [-0.3, -0.25) is 0 Å². The third-order valence-electron chi connectivity index (χ3n) is 9.02. The van der Waals surface area contributed by atoms with Crippen LogP contribution in [0, 0.1) is 29.3 Å². The van der Waals surface area contributed by atoms with Gasteiger partial charge in [0.25, 0.3) is 0 Å². The molecule has 2 fully saturated rings. The van der Waals surface area contributed by atoms with Crippen LogP contribution in [0.5, 0.6) is 0 Å². The summed E-state index contributed by atoms with van der Waals surface area (Å²) in [5.74, 6) is 0.0685. The van der Waals surface area contributed by atoms with E-state index in [4.69, 9.17) is 0 Å². The van der Waals surface area contributed by atoms with Crippen LogP contribution in [-0.4, -0.2) is 0 Å². The molecule has 0 atom stereocenters. The van der Waals surface area contributed by atoms with Gasteiger partial charge in [0, 0.05) is 0 Å². The van der Waals surface area contributed by atoms with Crippen LogP contribution in [-0.2, 0) is 6.42 Å². The Morgan fingerprint density at radius 3 is 1.92 bits per heavy atom. The molecule has 0 N–H and O–H groups in total. The molecule has 2 aliphatic carbocycles. The van der Waals surface area contributed by atoms with Gasteiger partial charge in [0.1, 0.15) is 5.82 Å². The summed E-state index contributed by atoms with van der Waals surface area (Å²) in [6.45, 7) is 4.38. The van der Waals surface area contributed by atoms with E-state index in [1.54, 1.807) is 6.07 Å². The van der Waals surface area contributed by atoms with Crippen LogP contribution in [0.1, 0.15) is 131 Å². The predicted octanol–water partition coefficient (Wildman–Crippen LogP) is 10.9. The lowest BCUT2D eigenvalue weighted by molar-refractivity contribution is 0.302. The van der Waals surface area contributed by atoms with Crippen LogP contribution < -0.4 is 0 Å². The molecular formula is C34H45F3. The summed E-state index contributed by atoms with van der Waals surface area (Å²) in [7, 11) is 0. The number of hydrogen-bond donors (Lipinski definition) is 0. The fourth-order valence-corrected chi connectivity index (χ4v) is 6.69. The van der Waals surface area contributed by atoms with Crippen LogP contribution in [0.15, 0.2) is 36.4 Å². The molecule has 0 saturated heterocycles. The van der Waals surface area contributed by atoms with Gasteiger partial charge in [0.15, 0.2) is 11.6 Å². The standard InChI is InChI=1S/C34H45F3/c1-3-5-6-8-29-20-15-26(23-32(29)35)10-9-25-13-18-28(19-14-25)31-22-21-30(33(36)34(31)37)27-16-11-24(7-4-2)12-17-27/h9-10,15,20-25,27-28H,3-8,11-14,16-19H2,1-2H3. The summed E-state index contributed by atoms with van der Waals surface area (Å²) in [6, 6.07) is 9.31. The van der Waals surface area contributed by atoms with E-state index in [1.165, 1.54) is 12.8 Å². The van der Waals surface area contributed by atoms with Gasteiger partial charge >= 0.3 is 0 Å². The number of benzene rings is 2. The molecule has 4 rings (SSSR count). The minimum atomic E-state index is -0.610. The van der Waals surface area contributed by atoms with E-state index in [2.05, 4.69) is 19.9 Å². The molecule has 0 radical (unpaired) electrons. The van der Waals surface area contributed by atoms with Crippen molar-refractivity contribution < 1.29 is 13.2 Å².